The average Bonchev–Trinajstić information content (AvgIpc) is 2.41. The van der Waals surface area contributed by atoms with E-state index in [-0.39, 0.29) is 11.8 Å². The summed E-state index contributed by atoms with van der Waals surface area (Å²) in [7, 11) is 0. The van der Waals surface area contributed by atoms with E-state index in [4.69, 9.17) is 4.74 Å². The number of carbonyl (C=O) groups is 1. The van der Waals surface area contributed by atoms with Crippen molar-refractivity contribution in [1.82, 2.24) is 10.6 Å². The van der Waals surface area contributed by atoms with E-state index in [2.05, 4.69) is 24.5 Å². The van der Waals surface area contributed by atoms with Crippen LogP contribution in [-0.4, -0.2) is 25.8 Å². The lowest BCUT2D eigenvalue weighted by Crippen LogP contribution is -2.35. The van der Waals surface area contributed by atoms with Gasteiger partial charge in [-0.15, -0.1) is 0 Å². The van der Waals surface area contributed by atoms with Crippen LogP contribution in [0.4, 0.5) is 9.18 Å². The summed E-state index contributed by atoms with van der Waals surface area (Å²) in [5.74, 6) is 0.251. The molecule has 0 spiro atoms. The van der Waals surface area contributed by atoms with Gasteiger partial charge in [-0.05, 0) is 30.0 Å². The minimum atomic E-state index is -0.278. The van der Waals surface area contributed by atoms with Gasteiger partial charge in [-0.25, -0.2) is 9.18 Å². The number of carbonyl (C=O) groups excluding carboxylic acids is 1. The molecule has 0 aliphatic heterocycles. The van der Waals surface area contributed by atoms with E-state index >= 15 is 0 Å². The monoisotopic (exact) mass is 282 g/mol. The van der Waals surface area contributed by atoms with E-state index in [1.807, 2.05) is 0 Å². The molecule has 0 heterocycles. The highest BCUT2D eigenvalue weighted by Crippen LogP contribution is 2.01. The fourth-order valence-electron chi connectivity index (χ4n) is 1.54. The number of benzene rings is 1. The minimum absolute atomic E-state index is 0.224. The van der Waals surface area contributed by atoms with Gasteiger partial charge in [0.25, 0.3) is 0 Å². The molecular formula is C15H23FN2O2. The molecule has 2 N–H and O–H groups in total. The molecule has 0 atom stereocenters. The van der Waals surface area contributed by atoms with Gasteiger partial charge in [-0.3, -0.25) is 0 Å². The largest absolute Gasteiger partial charge is 0.381 e. The van der Waals surface area contributed by atoms with Crippen molar-refractivity contribution in [1.29, 1.82) is 0 Å². The summed E-state index contributed by atoms with van der Waals surface area (Å²) in [6, 6.07) is 5.82. The predicted octanol–water partition coefficient (Wildman–Crippen LogP) is 2.69. The Morgan fingerprint density at radius 1 is 1.25 bits per heavy atom. The van der Waals surface area contributed by atoms with Crippen molar-refractivity contribution in [3.8, 4) is 0 Å². The molecule has 0 saturated heterocycles. The first-order chi connectivity index (χ1) is 9.58. The number of urea groups is 1. The normalized spacial score (nSPS) is 10.6. The predicted molar refractivity (Wildman–Crippen MR) is 76.9 cm³/mol. The number of halogens is 1. The van der Waals surface area contributed by atoms with Gasteiger partial charge >= 0.3 is 6.03 Å². The van der Waals surface area contributed by atoms with Crippen molar-refractivity contribution >= 4 is 6.03 Å². The Morgan fingerprint density at radius 3 is 2.60 bits per heavy atom. The maximum absolute atomic E-state index is 12.7. The van der Waals surface area contributed by atoms with Crippen molar-refractivity contribution in [2.24, 2.45) is 5.92 Å². The Labute approximate surface area is 119 Å². The van der Waals surface area contributed by atoms with E-state index in [1.54, 1.807) is 12.1 Å². The Kier molecular flexibility index (Phi) is 7.65. The second-order valence-corrected chi connectivity index (χ2v) is 5.06. The lowest BCUT2D eigenvalue weighted by Gasteiger charge is -2.09. The number of nitrogens with one attached hydrogen (secondary N) is 2. The maximum Gasteiger partial charge on any atom is 0.315 e. The minimum Gasteiger partial charge on any atom is -0.381 e. The summed E-state index contributed by atoms with van der Waals surface area (Å²) >= 11 is 0. The van der Waals surface area contributed by atoms with Crippen LogP contribution in [0.5, 0.6) is 0 Å². The molecule has 5 heteroatoms. The Bertz CT molecular complexity index is 393. The van der Waals surface area contributed by atoms with Crippen LogP contribution in [0.2, 0.25) is 0 Å². The number of hydrogen-bond donors (Lipinski definition) is 2. The van der Waals surface area contributed by atoms with Crippen LogP contribution in [0.25, 0.3) is 0 Å². The average molecular weight is 282 g/mol. The standard InChI is InChI=1S/C15H23FN2O2/c1-12(2)11-20-9-3-8-17-15(19)18-10-13-4-6-14(16)7-5-13/h4-7,12H,3,8-11H2,1-2H3,(H2,17,18,19). The van der Waals surface area contributed by atoms with Gasteiger partial charge in [0.05, 0.1) is 0 Å². The molecule has 2 amide bonds. The molecule has 0 aliphatic rings. The van der Waals surface area contributed by atoms with Crippen LogP contribution in [0.3, 0.4) is 0 Å². The van der Waals surface area contributed by atoms with Gasteiger partial charge in [0.15, 0.2) is 0 Å². The van der Waals surface area contributed by atoms with Gasteiger partial charge in [-0.1, -0.05) is 26.0 Å². The fraction of sp³-hybridized carbons (Fsp3) is 0.533. The molecule has 1 aromatic carbocycles. The van der Waals surface area contributed by atoms with Crippen molar-refractivity contribution in [2.45, 2.75) is 26.8 Å². The van der Waals surface area contributed by atoms with E-state index in [9.17, 15) is 9.18 Å². The van der Waals surface area contributed by atoms with Crippen LogP contribution < -0.4 is 10.6 Å². The first kappa shape index (κ1) is 16.4. The third kappa shape index (κ3) is 7.74. The van der Waals surface area contributed by atoms with E-state index < -0.39 is 0 Å². The number of rotatable bonds is 8. The zero-order valence-electron chi connectivity index (χ0n) is 12.1. The lowest BCUT2D eigenvalue weighted by atomic mass is 10.2. The van der Waals surface area contributed by atoms with Gasteiger partial charge in [0.2, 0.25) is 0 Å². The zero-order valence-corrected chi connectivity index (χ0v) is 12.1. The van der Waals surface area contributed by atoms with E-state index in [0.29, 0.717) is 25.6 Å². The molecule has 4 nitrogen and oxygen atoms in total. The molecular weight excluding hydrogens is 259 g/mol. The molecule has 0 unspecified atom stereocenters. The third-order valence-electron chi connectivity index (χ3n) is 2.57. The van der Waals surface area contributed by atoms with Crippen LogP contribution in [-0.2, 0) is 11.3 Å². The molecule has 1 rings (SSSR count). The fourth-order valence-corrected chi connectivity index (χ4v) is 1.54. The molecule has 20 heavy (non-hydrogen) atoms. The quantitative estimate of drug-likeness (QED) is 0.720. The maximum atomic E-state index is 12.7. The van der Waals surface area contributed by atoms with Crippen LogP contribution in [0.15, 0.2) is 24.3 Å². The Morgan fingerprint density at radius 2 is 1.95 bits per heavy atom. The lowest BCUT2D eigenvalue weighted by molar-refractivity contribution is 0.108. The third-order valence-corrected chi connectivity index (χ3v) is 2.57. The Balaban J connectivity index is 2.04. The van der Waals surface area contributed by atoms with Gasteiger partial charge in [-0.2, -0.15) is 0 Å². The topological polar surface area (TPSA) is 50.4 Å². The first-order valence-electron chi connectivity index (χ1n) is 6.92. The highest BCUT2D eigenvalue weighted by atomic mass is 19.1. The molecule has 0 aromatic heterocycles. The number of hydrogen-bond acceptors (Lipinski definition) is 2. The van der Waals surface area contributed by atoms with Crippen molar-refractivity contribution in [3.05, 3.63) is 35.6 Å². The van der Waals surface area contributed by atoms with Crippen LogP contribution >= 0.6 is 0 Å². The summed E-state index contributed by atoms with van der Waals surface area (Å²) in [4.78, 5) is 11.5. The molecule has 0 radical (unpaired) electrons. The summed E-state index contributed by atoms with van der Waals surface area (Å²) in [5, 5.41) is 5.46. The first-order valence-corrected chi connectivity index (χ1v) is 6.92. The van der Waals surface area contributed by atoms with E-state index in [1.165, 1.54) is 12.1 Å². The molecule has 1 aromatic rings. The molecule has 0 fully saturated rings. The van der Waals surface area contributed by atoms with Gasteiger partial charge < -0.3 is 15.4 Å². The Hall–Kier alpha value is -1.62. The number of amides is 2. The number of ether oxygens (including phenoxy) is 1. The highest BCUT2D eigenvalue weighted by Gasteiger charge is 2.00. The van der Waals surface area contributed by atoms with Crippen molar-refractivity contribution < 1.29 is 13.9 Å². The highest BCUT2D eigenvalue weighted by molar-refractivity contribution is 5.73. The molecule has 0 saturated carbocycles. The second-order valence-electron chi connectivity index (χ2n) is 5.06. The van der Waals surface area contributed by atoms with Gasteiger partial charge in [0.1, 0.15) is 5.82 Å². The van der Waals surface area contributed by atoms with Crippen LogP contribution in [0, 0.1) is 11.7 Å². The van der Waals surface area contributed by atoms with E-state index in [0.717, 1.165) is 18.6 Å². The summed E-state index contributed by atoms with van der Waals surface area (Å²) in [6.07, 6.45) is 0.788. The van der Waals surface area contributed by atoms with Crippen LogP contribution in [0.1, 0.15) is 25.8 Å². The summed E-state index contributed by atoms with van der Waals surface area (Å²) in [6.45, 7) is 6.55. The molecule has 112 valence electrons. The smallest absolute Gasteiger partial charge is 0.315 e. The molecule has 0 aliphatic carbocycles. The summed E-state index contributed by atoms with van der Waals surface area (Å²) in [5.41, 5.74) is 0.863. The van der Waals surface area contributed by atoms with Gasteiger partial charge in [0, 0.05) is 26.3 Å². The SMILES string of the molecule is CC(C)COCCCNC(=O)NCc1ccc(F)cc1. The van der Waals surface area contributed by atoms with Crippen molar-refractivity contribution in [3.63, 3.8) is 0 Å². The summed E-state index contributed by atoms with van der Waals surface area (Å²) < 4.78 is 18.1. The van der Waals surface area contributed by atoms with Crippen molar-refractivity contribution in [2.75, 3.05) is 19.8 Å². The molecule has 0 bridgehead atoms. The zero-order chi connectivity index (χ0) is 14.8. The second kappa shape index (κ2) is 9.31.